The fourth-order valence-electron chi connectivity index (χ4n) is 4.71. The summed E-state index contributed by atoms with van der Waals surface area (Å²) in [5.74, 6) is -3.63. The van der Waals surface area contributed by atoms with E-state index in [9.17, 15) is 34.8 Å². The summed E-state index contributed by atoms with van der Waals surface area (Å²) in [6, 6.07) is 4.00. The minimum absolute atomic E-state index is 0.0101. The molecule has 0 spiro atoms. The van der Waals surface area contributed by atoms with Crippen LogP contribution in [0.25, 0.3) is 0 Å². The minimum atomic E-state index is -1.90. The third-order valence-corrected chi connectivity index (χ3v) is 7.28. The first kappa shape index (κ1) is 24.4. The van der Waals surface area contributed by atoms with Crippen molar-refractivity contribution in [1.29, 1.82) is 0 Å². The lowest BCUT2D eigenvalue weighted by atomic mass is 9.73. The molecule has 0 radical (unpaired) electrons. The van der Waals surface area contributed by atoms with Crippen molar-refractivity contribution in [3.8, 4) is 17.2 Å². The Morgan fingerprint density at radius 1 is 1.09 bits per heavy atom. The van der Waals surface area contributed by atoms with Gasteiger partial charge >= 0.3 is 0 Å². The van der Waals surface area contributed by atoms with E-state index in [1.807, 2.05) is 6.92 Å². The first-order valence-electron chi connectivity index (χ1n) is 11.1. The molecule has 0 saturated carbocycles. The van der Waals surface area contributed by atoms with Crippen LogP contribution in [-0.2, 0) is 16.0 Å². The minimum Gasteiger partial charge on any atom is -0.507 e. The number of rotatable bonds is 7. The highest BCUT2D eigenvalue weighted by atomic mass is 79.9. The number of hydrogen-bond acceptors (Lipinski definition) is 8. The molecule has 180 valence electrons. The van der Waals surface area contributed by atoms with E-state index < -0.39 is 56.2 Å². The second-order valence-corrected chi connectivity index (χ2v) is 9.87. The molecule has 0 amide bonds. The van der Waals surface area contributed by atoms with E-state index in [0.717, 1.165) is 19.3 Å². The number of ketones is 3. The van der Waals surface area contributed by atoms with Crippen molar-refractivity contribution in [1.82, 2.24) is 0 Å². The predicted molar refractivity (Wildman–Crippen MR) is 125 cm³/mol. The maximum absolute atomic E-state index is 13.2. The first-order valence-corrected chi connectivity index (χ1v) is 12.0. The van der Waals surface area contributed by atoms with Gasteiger partial charge in [-0.1, -0.05) is 47.8 Å². The van der Waals surface area contributed by atoms with Crippen LogP contribution in [0.2, 0.25) is 0 Å². The molecule has 2 aromatic carbocycles. The quantitative estimate of drug-likeness (QED) is 0.206. The molecular formula is C25H25BrO8. The summed E-state index contributed by atoms with van der Waals surface area (Å²) in [6.45, 7) is 2.12. The normalized spacial score (nSPS) is 21.1. The van der Waals surface area contributed by atoms with Crippen LogP contribution in [0.5, 0.6) is 17.2 Å². The van der Waals surface area contributed by atoms with Gasteiger partial charge in [0, 0.05) is 41.0 Å². The second kappa shape index (κ2) is 9.13. The molecule has 2 unspecified atom stereocenters. The Balaban J connectivity index is 1.74. The van der Waals surface area contributed by atoms with Gasteiger partial charge in [-0.2, -0.15) is 0 Å². The number of Topliss-reactive ketones (excluding diaryl/α,β-unsaturated/α-hetero) is 1. The SMILES string of the molecule is CCCCCOCC(=O)C1(O)Cc2c(O)c3c(c(O)c2C(Br)C1)C(=O)c1c(O)cccc1C3=O. The van der Waals surface area contributed by atoms with E-state index in [2.05, 4.69) is 15.9 Å². The predicted octanol–water partition coefficient (Wildman–Crippen LogP) is 3.47. The van der Waals surface area contributed by atoms with Crippen molar-refractivity contribution < 1.29 is 39.5 Å². The van der Waals surface area contributed by atoms with Gasteiger partial charge in [-0.15, -0.1) is 0 Å². The van der Waals surface area contributed by atoms with Gasteiger partial charge < -0.3 is 25.2 Å². The molecule has 0 aromatic heterocycles. The van der Waals surface area contributed by atoms with Gasteiger partial charge in [0.05, 0.1) is 16.7 Å². The molecule has 34 heavy (non-hydrogen) atoms. The number of fused-ring (bicyclic) bond motifs is 3. The first-order chi connectivity index (χ1) is 16.1. The van der Waals surface area contributed by atoms with Crippen LogP contribution in [-0.4, -0.2) is 56.6 Å². The number of unbranched alkanes of at least 4 members (excludes halogenated alkanes) is 2. The number of benzene rings is 2. The molecule has 0 bridgehead atoms. The Morgan fingerprint density at radius 3 is 2.50 bits per heavy atom. The fraction of sp³-hybridized carbons (Fsp3) is 0.400. The topological polar surface area (TPSA) is 141 Å². The van der Waals surface area contributed by atoms with Crippen molar-refractivity contribution in [2.45, 2.75) is 49.5 Å². The molecular weight excluding hydrogens is 508 g/mol. The molecule has 0 aliphatic heterocycles. The van der Waals surface area contributed by atoms with Gasteiger partial charge in [0.15, 0.2) is 11.6 Å². The summed E-state index contributed by atoms with van der Waals surface area (Å²) in [4.78, 5) is 38.3. The Kier molecular flexibility index (Phi) is 6.54. The lowest BCUT2D eigenvalue weighted by molar-refractivity contribution is -0.143. The molecule has 9 heteroatoms. The molecule has 0 heterocycles. The molecule has 2 aliphatic carbocycles. The smallest absolute Gasteiger partial charge is 0.202 e. The van der Waals surface area contributed by atoms with Crippen molar-refractivity contribution >= 4 is 33.3 Å². The molecule has 2 aliphatic rings. The zero-order valence-corrected chi connectivity index (χ0v) is 20.1. The van der Waals surface area contributed by atoms with E-state index in [1.165, 1.54) is 18.2 Å². The number of carbonyl (C=O) groups excluding carboxylic acids is 3. The summed E-state index contributed by atoms with van der Waals surface area (Å²) in [5, 5.41) is 43.4. The molecule has 2 atom stereocenters. The van der Waals surface area contributed by atoms with E-state index in [-0.39, 0.29) is 41.7 Å². The van der Waals surface area contributed by atoms with Crippen LogP contribution in [0.15, 0.2) is 18.2 Å². The average molecular weight is 533 g/mol. The molecule has 0 saturated heterocycles. The van der Waals surface area contributed by atoms with E-state index in [0.29, 0.717) is 6.61 Å². The average Bonchev–Trinajstić information content (AvgIpc) is 2.79. The lowest BCUT2D eigenvalue weighted by Gasteiger charge is -2.37. The summed E-state index contributed by atoms with van der Waals surface area (Å²) in [6.07, 6.45) is 2.26. The molecule has 2 aromatic rings. The van der Waals surface area contributed by atoms with Crippen molar-refractivity contribution in [3.05, 3.63) is 51.6 Å². The molecule has 8 nitrogen and oxygen atoms in total. The van der Waals surface area contributed by atoms with Crippen LogP contribution in [0.1, 0.15) is 80.4 Å². The van der Waals surface area contributed by atoms with Gasteiger partial charge in [0.25, 0.3) is 0 Å². The summed E-state index contributed by atoms with van der Waals surface area (Å²) < 4.78 is 5.41. The number of phenolic OH excluding ortho intramolecular Hbond substituents is 3. The largest absolute Gasteiger partial charge is 0.507 e. The van der Waals surface area contributed by atoms with Gasteiger partial charge in [0.1, 0.15) is 29.5 Å². The Labute approximate surface area is 204 Å². The number of ether oxygens (including phenoxy) is 1. The summed E-state index contributed by atoms with van der Waals surface area (Å²) >= 11 is 3.36. The van der Waals surface area contributed by atoms with Gasteiger partial charge in [0.2, 0.25) is 5.78 Å². The van der Waals surface area contributed by atoms with Gasteiger partial charge in [-0.3, -0.25) is 14.4 Å². The van der Waals surface area contributed by atoms with Crippen molar-refractivity contribution in [3.63, 3.8) is 0 Å². The van der Waals surface area contributed by atoms with Crippen LogP contribution < -0.4 is 0 Å². The number of carbonyl (C=O) groups is 3. The Hall–Kier alpha value is -2.75. The van der Waals surface area contributed by atoms with Crippen LogP contribution in [0, 0.1) is 0 Å². The number of aromatic hydroxyl groups is 3. The maximum atomic E-state index is 13.2. The number of alkyl halides is 1. The van der Waals surface area contributed by atoms with E-state index in [4.69, 9.17) is 4.74 Å². The van der Waals surface area contributed by atoms with Crippen molar-refractivity contribution in [2.24, 2.45) is 0 Å². The highest BCUT2D eigenvalue weighted by Crippen LogP contribution is 2.53. The second-order valence-electron chi connectivity index (χ2n) is 8.76. The monoisotopic (exact) mass is 532 g/mol. The third kappa shape index (κ3) is 3.81. The highest BCUT2D eigenvalue weighted by Gasteiger charge is 2.48. The highest BCUT2D eigenvalue weighted by molar-refractivity contribution is 9.09. The lowest BCUT2D eigenvalue weighted by Crippen LogP contribution is -2.46. The third-order valence-electron chi connectivity index (χ3n) is 6.50. The molecule has 4 N–H and O–H groups in total. The summed E-state index contributed by atoms with van der Waals surface area (Å²) in [5.41, 5.74) is -2.94. The number of halogens is 1. The van der Waals surface area contributed by atoms with Crippen molar-refractivity contribution in [2.75, 3.05) is 13.2 Å². The number of phenols is 3. The van der Waals surface area contributed by atoms with E-state index in [1.54, 1.807) is 0 Å². The maximum Gasteiger partial charge on any atom is 0.202 e. The van der Waals surface area contributed by atoms with Crippen LogP contribution in [0.3, 0.4) is 0 Å². The zero-order chi connectivity index (χ0) is 24.8. The Morgan fingerprint density at radius 2 is 1.79 bits per heavy atom. The molecule has 0 fully saturated rings. The fourth-order valence-corrected chi connectivity index (χ4v) is 5.74. The van der Waals surface area contributed by atoms with Gasteiger partial charge in [-0.05, 0) is 12.5 Å². The Bertz CT molecular complexity index is 1200. The van der Waals surface area contributed by atoms with E-state index >= 15 is 0 Å². The van der Waals surface area contributed by atoms with Crippen LogP contribution >= 0.6 is 15.9 Å². The summed E-state index contributed by atoms with van der Waals surface area (Å²) in [7, 11) is 0. The van der Waals surface area contributed by atoms with Gasteiger partial charge in [-0.25, -0.2) is 0 Å². The standard InChI is InChI=1S/C25H25BrO8/c1-2-3-4-8-34-11-16(28)25(33)9-13-17(14(26)10-25)23(31)20-19(22(13)30)21(29)12-6-5-7-15(27)18(12)24(20)32/h5-7,14,27,30-31,33H,2-4,8-11H2,1H3. The zero-order valence-electron chi connectivity index (χ0n) is 18.6. The number of hydrogen-bond donors (Lipinski definition) is 4. The number of aliphatic hydroxyl groups is 1. The molecule has 4 rings (SSSR count). The van der Waals surface area contributed by atoms with Crippen LogP contribution in [0.4, 0.5) is 0 Å².